The molecule has 0 unspecified atom stereocenters. The van der Waals surface area contributed by atoms with Crippen LogP contribution in [0.1, 0.15) is 50.5 Å². The SMILES string of the molecule is C[C@@H]([C@H](c1ccccc1)C1C(=O)OC2(CCCCC2)OC1=O)[N+](=O)[O-]. The lowest BCUT2D eigenvalue weighted by Crippen LogP contribution is -2.53. The molecule has 0 bridgehead atoms. The fourth-order valence-electron chi connectivity index (χ4n) is 3.75. The predicted octanol–water partition coefficient (Wildman–Crippen LogP) is 2.81. The molecule has 1 aromatic carbocycles. The van der Waals surface area contributed by atoms with E-state index in [0.29, 0.717) is 18.4 Å². The Bertz CT molecular complexity index is 647. The number of carbonyl (C=O) groups excluding carboxylic acids is 2. The Morgan fingerprint density at radius 3 is 2.16 bits per heavy atom. The van der Waals surface area contributed by atoms with Crippen LogP contribution in [0.3, 0.4) is 0 Å². The lowest BCUT2D eigenvalue weighted by Gasteiger charge is -2.42. The first-order valence-electron chi connectivity index (χ1n) is 8.58. The predicted molar refractivity (Wildman–Crippen MR) is 87.1 cm³/mol. The summed E-state index contributed by atoms with van der Waals surface area (Å²) in [5.74, 6) is -4.88. The molecular weight excluding hydrogens is 326 g/mol. The largest absolute Gasteiger partial charge is 0.422 e. The van der Waals surface area contributed by atoms with E-state index in [1.165, 1.54) is 6.92 Å². The van der Waals surface area contributed by atoms with Gasteiger partial charge in [-0.05, 0) is 18.4 Å². The number of benzene rings is 1. The minimum atomic E-state index is -1.32. The fourth-order valence-corrected chi connectivity index (χ4v) is 3.75. The molecule has 2 fully saturated rings. The topological polar surface area (TPSA) is 95.7 Å². The summed E-state index contributed by atoms with van der Waals surface area (Å²) < 4.78 is 11.1. The molecule has 1 spiro atoms. The fraction of sp³-hybridized carbons (Fsp3) is 0.556. The highest BCUT2D eigenvalue weighted by molar-refractivity contribution is 5.98. The van der Waals surface area contributed by atoms with Gasteiger partial charge in [0.15, 0.2) is 5.92 Å². The van der Waals surface area contributed by atoms with Crippen molar-refractivity contribution in [2.45, 2.75) is 56.8 Å². The molecule has 134 valence electrons. The second-order valence-corrected chi connectivity index (χ2v) is 6.75. The van der Waals surface area contributed by atoms with E-state index >= 15 is 0 Å². The summed E-state index contributed by atoms with van der Waals surface area (Å²) in [6, 6.07) is 7.43. The number of esters is 2. The van der Waals surface area contributed by atoms with Crippen molar-refractivity contribution in [1.82, 2.24) is 0 Å². The van der Waals surface area contributed by atoms with Gasteiger partial charge in [-0.2, -0.15) is 0 Å². The van der Waals surface area contributed by atoms with Gasteiger partial charge in [0.2, 0.25) is 6.04 Å². The average molecular weight is 347 g/mol. The molecular formula is C18H21NO6. The summed E-state index contributed by atoms with van der Waals surface area (Å²) in [6.45, 7) is 1.39. The standard InChI is InChI=1S/C18H21NO6/c1-12(19(22)23)14(13-8-4-2-5-9-13)15-16(20)24-18(25-17(15)21)10-6-3-7-11-18/h2,4-5,8-9,12,14-15H,3,6-7,10-11H2,1H3/t12-,14+/m0/s1. The van der Waals surface area contributed by atoms with E-state index in [1.807, 2.05) is 0 Å². The van der Waals surface area contributed by atoms with Crippen molar-refractivity contribution in [2.75, 3.05) is 0 Å². The maximum absolute atomic E-state index is 12.7. The minimum Gasteiger partial charge on any atom is -0.422 e. The Labute approximate surface area is 145 Å². The Hall–Kier alpha value is -2.44. The molecule has 0 amide bonds. The molecule has 1 aliphatic heterocycles. The Kier molecular flexibility index (Phi) is 4.74. The van der Waals surface area contributed by atoms with Gasteiger partial charge in [0.25, 0.3) is 5.79 Å². The van der Waals surface area contributed by atoms with Crippen LogP contribution in [0.25, 0.3) is 0 Å². The zero-order valence-electron chi connectivity index (χ0n) is 14.1. The van der Waals surface area contributed by atoms with Crippen LogP contribution in [-0.2, 0) is 19.1 Å². The third kappa shape index (κ3) is 3.36. The molecule has 2 aliphatic rings. The van der Waals surface area contributed by atoms with Crippen molar-refractivity contribution in [2.24, 2.45) is 5.92 Å². The number of carbonyl (C=O) groups is 2. The number of nitro groups is 1. The Balaban J connectivity index is 1.92. The molecule has 7 heteroatoms. The number of rotatable bonds is 4. The van der Waals surface area contributed by atoms with Crippen molar-refractivity contribution >= 4 is 11.9 Å². The zero-order chi connectivity index (χ0) is 18.0. The summed E-state index contributed by atoms with van der Waals surface area (Å²) >= 11 is 0. The van der Waals surface area contributed by atoms with Crippen LogP contribution in [0.4, 0.5) is 0 Å². The monoisotopic (exact) mass is 347 g/mol. The summed E-state index contributed by atoms with van der Waals surface area (Å²) in [7, 11) is 0. The number of nitrogens with zero attached hydrogens (tertiary/aromatic N) is 1. The molecule has 0 aromatic heterocycles. The molecule has 3 rings (SSSR count). The highest BCUT2D eigenvalue weighted by Crippen LogP contribution is 2.41. The molecule has 1 saturated heterocycles. The van der Waals surface area contributed by atoms with Crippen LogP contribution in [0.15, 0.2) is 30.3 Å². The van der Waals surface area contributed by atoms with Gasteiger partial charge in [-0.15, -0.1) is 0 Å². The minimum absolute atomic E-state index is 0.483. The lowest BCUT2D eigenvalue weighted by molar-refractivity contribution is -0.523. The van der Waals surface area contributed by atoms with Gasteiger partial charge in [0, 0.05) is 24.7 Å². The second-order valence-electron chi connectivity index (χ2n) is 6.75. The molecule has 25 heavy (non-hydrogen) atoms. The van der Waals surface area contributed by atoms with Crippen LogP contribution in [0.5, 0.6) is 0 Å². The Morgan fingerprint density at radius 1 is 1.08 bits per heavy atom. The van der Waals surface area contributed by atoms with Crippen LogP contribution in [0.2, 0.25) is 0 Å². The van der Waals surface area contributed by atoms with Crippen molar-refractivity contribution < 1.29 is 24.0 Å². The average Bonchev–Trinajstić information content (AvgIpc) is 2.59. The van der Waals surface area contributed by atoms with E-state index < -0.39 is 40.5 Å². The van der Waals surface area contributed by atoms with Crippen LogP contribution < -0.4 is 0 Å². The summed E-state index contributed by atoms with van der Waals surface area (Å²) in [6.07, 6.45) is 3.61. The van der Waals surface area contributed by atoms with Crippen molar-refractivity contribution in [3.8, 4) is 0 Å². The van der Waals surface area contributed by atoms with Crippen molar-refractivity contribution in [3.63, 3.8) is 0 Å². The van der Waals surface area contributed by atoms with Gasteiger partial charge >= 0.3 is 11.9 Å². The van der Waals surface area contributed by atoms with Gasteiger partial charge in [-0.25, -0.2) is 0 Å². The van der Waals surface area contributed by atoms with Crippen LogP contribution >= 0.6 is 0 Å². The quantitative estimate of drug-likeness (QED) is 0.360. The van der Waals surface area contributed by atoms with Crippen molar-refractivity contribution in [3.05, 3.63) is 46.0 Å². The van der Waals surface area contributed by atoms with Gasteiger partial charge in [0.05, 0.1) is 5.92 Å². The summed E-state index contributed by atoms with van der Waals surface area (Å²) in [5, 5.41) is 11.4. The first kappa shape index (κ1) is 17.4. The number of ether oxygens (including phenoxy) is 2. The number of hydrogen-bond donors (Lipinski definition) is 0. The highest BCUT2D eigenvalue weighted by Gasteiger charge is 2.54. The summed E-state index contributed by atoms with van der Waals surface area (Å²) in [4.78, 5) is 36.2. The van der Waals surface area contributed by atoms with Crippen molar-refractivity contribution in [1.29, 1.82) is 0 Å². The third-order valence-electron chi connectivity index (χ3n) is 5.09. The van der Waals surface area contributed by atoms with Gasteiger partial charge in [-0.3, -0.25) is 19.7 Å². The molecule has 0 radical (unpaired) electrons. The normalized spacial score (nSPS) is 22.8. The summed E-state index contributed by atoms with van der Waals surface area (Å²) in [5.41, 5.74) is 0.546. The van der Waals surface area contributed by atoms with E-state index in [4.69, 9.17) is 9.47 Å². The van der Waals surface area contributed by atoms with E-state index in [2.05, 4.69) is 0 Å². The van der Waals surface area contributed by atoms with E-state index in [1.54, 1.807) is 30.3 Å². The second kappa shape index (κ2) is 6.82. The molecule has 2 atom stereocenters. The maximum Gasteiger partial charge on any atom is 0.324 e. The molecule has 1 heterocycles. The highest BCUT2D eigenvalue weighted by atomic mass is 16.7. The Morgan fingerprint density at radius 2 is 1.64 bits per heavy atom. The van der Waals surface area contributed by atoms with E-state index in [0.717, 1.165) is 19.3 Å². The zero-order valence-corrected chi connectivity index (χ0v) is 14.1. The van der Waals surface area contributed by atoms with Gasteiger partial charge in [0.1, 0.15) is 0 Å². The maximum atomic E-state index is 12.7. The smallest absolute Gasteiger partial charge is 0.324 e. The molecule has 1 saturated carbocycles. The third-order valence-corrected chi connectivity index (χ3v) is 5.09. The molecule has 7 nitrogen and oxygen atoms in total. The first-order chi connectivity index (χ1) is 11.9. The van der Waals surface area contributed by atoms with Gasteiger partial charge < -0.3 is 9.47 Å². The first-order valence-corrected chi connectivity index (χ1v) is 8.58. The lowest BCUT2D eigenvalue weighted by atomic mass is 9.80. The van der Waals surface area contributed by atoms with Gasteiger partial charge in [-0.1, -0.05) is 36.8 Å². The molecule has 1 aromatic rings. The van der Waals surface area contributed by atoms with Crippen LogP contribution in [-0.4, -0.2) is 28.7 Å². The molecule has 1 aliphatic carbocycles. The number of hydrogen-bond acceptors (Lipinski definition) is 6. The van der Waals surface area contributed by atoms with E-state index in [-0.39, 0.29) is 0 Å². The molecule has 0 N–H and O–H groups in total. The van der Waals surface area contributed by atoms with Crippen LogP contribution in [0, 0.1) is 16.0 Å². The van der Waals surface area contributed by atoms with E-state index in [9.17, 15) is 19.7 Å².